The minimum atomic E-state index is -0.284. The fourth-order valence-corrected chi connectivity index (χ4v) is 3.77. The number of carbonyl (C=O) groups is 2. The number of nitrogens with one attached hydrogen (secondary N) is 1. The molecule has 1 N–H and O–H groups in total. The van der Waals surface area contributed by atoms with E-state index in [0.717, 1.165) is 18.6 Å². The Morgan fingerprint density at radius 1 is 1.60 bits per heavy atom. The molecule has 2 atom stereocenters. The first-order valence-corrected chi connectivity index (χ1v) is 8.66. The molecule has 6 heteroatoms. The van der Waals surface area contributed by atoms with Crippen LogP contribution < -0.4 is 5.32 Å². The lowest BCUT2D eigenvalue weighted by molar-refractivity contribution is -0.125. The second-order valence-corrected chi connectivity index (χ2v) is 7.06. The van der Waals surface area contributed by atoms with Crippen molar-refractivity contribution in [3.63, 3.8) is 0 Å². The van der Waals surface area contributed by atoms with Crippen LogP contribution in [0.2, 0.25) is 0 Å². The third-order valence-electron chi connectivity index (χ3n) is 3.53. The molecule has 2 heterocycles. The topological polar surface area (TPSA) is 49.4 Å². The van der Waals surface area contributed by atoms with Gasteiger partial charge in [-0.25, -0.2) is 0 Å². The Morgan fingerprint density at radius 2 is 2.40 bits per heavy atom. The van der Waals surface area contributed by atoms with E-state index in [9.17, 15) is 9.59 Å². The second-order valence-electron chi connectivity index (χ2n) is 5.18. The number of hydrogen-bond acceptors (Lipinski definition) is 5. The van der Waals surface area contributed by atoms with E-state index in [1.807, 2.05) is 11.9 Å². The van der Waals surface area contributed by atoms with E-state index in [0.29, 0.717) is 12.6 Å². The van der Waals surface area contributed by atoms with Gasteiger partial charge < -0.3 is 5.32 Å². The van der Waals surface area contributed by atoms with Gasteiger partial charge in [0.05, 0.1) is 12.6 Å². The predicted octanol–water partition coefficient (Wildman–Crippen LogP) is 1.76. The average molecular weight is 312 g/mol. The van der Waals surface area contributed by atoms with Crippen molar-refractivity contribution >= 4 is 34.1 Å². The molecule has 0 radical (unpaired) electrons. The summed E-state index contributed by atoms with van der Waals surface area (Å²) in [5, 5.41) is 7.12. The van der Waals surface area contributed by atoms with Crippen LogP contribution >= 0.6 is 23.1 Å². The van der Waals surface area contributed by atoms with Crippen LogP contribution in [0.15, 0.2) is 16.8 Å². The molecule has 20 heavy (non-hydrogen) atoms. The Morgan fingerprint density at radius 3 is 3.00 bits per heavy atom. The van der Waals surface area contributed by atoms with E-state index >= 15 is 0 Å². The molecule has 2 rings (SSSR count). The number of likely N-dealkylation sites (N-methyl/N-ethyl adjacent to an activating group) is 1. The predicted molar refractivity (Wildman–Crippen MR) is 84.1 cm³/mol. The van der Waals surface area contributed by atoms with Crippen LogP contribution in [0.5, 0.6) is 0 Å². The summed E-state index contributed by atoms with van der Waals surface area (Å²) in [5.74, 6) is 0.749. The Bertz CT molecular complexity index is 462. The maximum absolute atomic E-state index is 11.9. The van der Waals surface area contributed by atoms with Gasteiger partial charge in [-0.3, -0.25) is 14.5 Å². The third-order valence-corrected chi connectivity index (χ3v) is 5.27. The summed E-state index contributed by atoms with van der Waals surface area (Å²) >= 11 is 3.00. The van der Waals surface area contributed by atoms with E-state index < -0.39 is 0 Å². The van der Waals surface area contributed by atoms with Crippen LogP contribution in [0.25, 0.3) is 0 Å². The van der Waals surface area contributed by atoms with Crippen molar-refractivity contribution in [2.24, 2.45) is 0 Å². The van der Waals surface area contributed by atoms with Gasteiger partial charge in [-0.15, -0.1) is 0 Å². The molecule has 0 unspecified atom stereocenters. The molecule has 1 aliphatic heterocycles. The smallest absolute Gasteiger partial charge is 0.234 e. The zero-order valence-electron chi connectivity index (χ0n) is 11.8. The summed E-state index contributed by atoms with van der Waals surface area (Å²) in [5.41, 5.74) is 1.30. The standard InChI is InChI=1S/C14H20N2O2S2/c1-10(7-11-3-5-19-9-11)16(2)8-13(17)15-12-4-6-20-14(12)18/h3,5,9-10,12H,4,6-8H2,1-2H3,(H,15,17)/t10-,12+/m0/s1. The Kier molecular flexibility index (Phi) is 5.63. The summed E-state index contributed by atoms with van der Waals surface area (Å²) < 4.78 is 0. The summed E-state index contributed by atoms with van der Waals surface area (Å²) in [6, 6.07) is 2.13. The molecule has 0 aromatic carbocycles. The van der Waals surface area contributed by atoms with Gasteiger partial charge in [0.15, 0.2) is 0 Å². The highest BCUT2D eigenvalue weighted by molar-refractivity contribution is 8.14. The summed E-state index contributed by atoms with van der Waals surface area (Å²) in [6.45, 7) is 2.45. The molecule has 0 bridgehead atoms. The lowest BCUT2D eigenvalue weighted by Crippen LogP contribution is -2.45. The molecule has 0 spiro atoms. The molecular formula is C14H20N2O2S2. The first-order valence-electron chi connectivity index (χ1n) is 6.73. The SMILES string of the molecule is C[C@@H](Cc1ccsc1)N(C)CC(=O)N[C@@H]1CCSC1=O. The highest BCUT2D eigenvalue weighted by atomic mass is 32.2. The van der Waals surface area contributed by atoms with Gasteiger partial charge in [0, 0.05) is 11.8 Å². The Labute approximate surface area is 127 Å². The van der Waals surface area contributed by atoms with Crippen LogP contribution in [0, 0.1) is 0 Å². The Hall–Kier alpha value is -0.850. The molecular weight excluding hydrogens is 292 g/mol. The summed E-state index contributed by atoms with van der Waals surface area (Å²) in [6.07, 6.45) is 1.69. The van der Waals surface area contributed by atoms with E-state index in [2.05, 4.69) is 29.1 Å². The molecule has 1 saturated heterocycles. The number of amides is 1. The summed E-state index contributed by atoms with van der Waals surface area (Å²) in [7, 11) is 1.95. The van der Waals surface area contributed by atoms with Crippen LogP contribution in [0.3, 0.4) is 0 Å². The average Bonchev–Trinajstić information content (AvgIpc) is 3.02. The Balaban J connectivity index is 1.76. The van der Waals surface area contributed by atoms with Crippen molar-refractivity contribution in [3.05, 3.63) is 22.4 Å². The quantitative estimate of drug-likeness (QED) is 0.869. The van der Waals surface area contributed by atoms with Gasteiger partial charge in [-0.2, -0.15) is 11.3 Å². The van der Waals surface area contributed by atoms with Crippen LogP contribution in [-0.2, 0) is 16.0 Å². The number of rotatable bonds is 6. The first kappa shape index (κ1) is 15.5. The van der Waals surface area contributed by atoms with Gasteiger partial charge in [0.2, 0.25) is 11.0 Å². The molecule has 1 aliphatic rings. The molecule has 4 nitrogen and oxygen atoms in total. The lowest BCUT2D eigenvalue weighted by atomic mass is 10.1. The fraction of sp³-hybridized carbons (Fsp3) is 0.571. The molecule has 0 aliphatic carbocycles. The van der Waals surface area contributed by atoms with E-state index in [4.69, 9.17) is 0 Å². The van der Waals surface area contributed by atoms with Gasteiger partial charge in [-0.1, -0.05) is 11.8 Å². The monoisotopic (exact) mass is 312 g/mol. The highest BCUT2D eigenvalue weighted by Gasteiger charge is 2.27. The zero-order valence-corrected chi connectivity index (χ0v) is 13.4. The normalized spacial score (nSPS) is 20.4. The number of nitrogens with zero attached hydrogens (tertiary/aromatic N) is 1. The van der Waals surface area contributed by atoms with Gasteiger partial charge in [0.25, 0.3) is 0 Å². The van der Waals surface area contributed by atoms with Crippen molar-refractivity contribution in [3.8, 4) is 0 Å². The number of thiophene rings is 1. The van der Waals surface area contributed by atoms with Crippen LogP contribution in [0.4, 0.5) is 0 Å². The third kappa shape index (κ3) is 4.33. The second kappa shape index (κ2) is 7.24. The zero-order chi connectivity index (χ0) is 14.5. The number of carbonyl (C=O) groups excluding carboxylic acids is 2. The van der Waals surface area contributed by atoms with Gasteiger partial charge in [-0.05, 0) is 49.2 Å². The lowest BCUT2D eigenvalue weighted by Gasteiger charge is -2.24. The van der Waals surface area contributed by atoms with Crippen molar-refractivity contribution in [1.82, 2.24) is 10.2 Å². The largest absolute Gasteiger partial charge is 0.344 e. The van der Waals surface area contributed by atoms with E-state index in [1.165, 1.54) is 17.3 Å². The fourth-order valence-electron chi connectivity index (χ4n) is 2.15. The summed E-state index contributed by atoms with van der Waals surface area (Å²) in [4.78, 5) is 25.5. The van der Waals surface area contributed by atoms with Crippen molar-refractivity contribution in [2.75, 3.05) is 19.3 Å². The maximum atomic E-state index is 11.9. The van der Waals surface area contributed by atoms with Gasteiger partial charge >= 0.3 is 0 Å². The maximum Gasteiger partial charge on any atom is 0.234 e. The molecule has 0 saturated carbocycles. The molecule has 1 fully saturated rings. The van der Waals surface area contributed by atoms with Gasteiger partial charge in [0.1, 0.15) is 0 Å². The number of hydrogen-bond donors (Lipinski definition) is 1. The van der Waals surface area contributed by atoms with Crippen molar-refractivity contribution < 1.29 is 9.59 Å². The molecule has 1 amide bonds. The minimum Gasteiger partial charge on any atom is -0.344 e. The van der Waals surface area contributed by atoms with Crippen molar-refractivity contribution in [1.29, 1.82) is 0 Å². The van der Waals surface area contributed by atoms with Crippen LogP contribution in [0.1, 0.15) is 18.9 Å². The van der Waals surface area contributed by atoms with E-state index in [-0.39, 0.29) is 17.1 Å². The highest BCUT2D eigenvalue weighted by Crippen LogP contribution is 2.19. The number of thioether (sulfide) groups is 1. The molecule has 110 valence electrons. The van der Waals surface area contributed by atoms with Crippen LogP contribution in [-0.4, -0.2) is 47.4 Å². The first-order chi connectivity index (χ1) is 9.56. The minimum absolute atomic E-state index is 0.0643. The van der Waals surface area contributed by atoms with Crippen molar-refractivity contribution in [2.45, 2.75) is 31.8 Å². The molecule has 1 aromatic rings. The van der Waals surface area contributed by atoms with E-state index in [1.54, 1.807) is 11.3 Å². The molecule has 1 aromatic heterocycles.